The van der Waals surface area contributed by atoms with Crippen LogP contribution in [0.2, 0.25) is 0 Å². The number of rotatable bonds is 2. The van der Waals surface area contributed by atoms with E-state index in [1.165, 1.54) is 37.7 Å². The fourth-order valence-electron chi connectivity index (χ4n) is 2.29. The molecule has 1 atom stereocenters. The Balaban J connectivity index is 2.09. The van der Waals surface area contributed by atoms with Crippen LogP contribution in [0.25, 0.3) is 0 Å². The molecule has 1 unspecified atom stereocenters. The second kappa shape index (κ2) is 5.30. The smallest absolute Gasteiger partial charge is 0.0833 e. The molecule has 16 heavy (non-hydrogen) atoms. The number of nitrogens with two attached hydrogens (primary N) is 1. The third-order valence-corrected chi connectivity index (χ3v) is 3.28. The minimum Gasteiger partial charge on any atom is -0.319 e. The lowest BCUT2D eigenvalue weighted by Crippen LogP contribution is -2.15. The topological polar surface area (TPSA) is 43.8 Å². The van der Waals surface area contributed by atoms with Crippen LogP contribution in [0, 0.1) is 0 Å². The van der Waals surface area contributed by atoms with Gasteiger partial charge in [-0.15, -0.1) is 0 Å². The molecule has 1 aliphatic carbocycles. The van der Waals surface area contributed by atoms with Crippen molar-refractivity contribution in [2.24, 2.45) is 12.8 Å². The van der Waals surface area contributed by atoms with E-state index in [4.69, 9.17) is 5.73 Å². The predicted molar refractivity (Wildman–Crippen MR) is 65.9 cm³/mol. The van der Waals surface area contributed by atoms with Crippen LogP contribution >= 0.6 is 0 Å². The Kier molecular flexibility index (Phi) is 3.78. The lowest BCUT2D eigenvalue weighted by Gasteiger charge is -2.16. The van der Waals surface area contributed by atoms with Crippen molar-refractivity contribution in [2.45, 2.75) is 44.6 Å². The summed E-state index contributed by atoms with van der Waals surface area (Å²) in [4.78, 5) is 0. The number of hydrogen-bond donors (Lipinski definition) is 1. The van der Waals surface area contributed by atoms with Crippen LogP contribution in [0.3, 0.4) is 0 Å². The van der Waals surface area contributed by atoms with Gasteiger partial charge in [0.15, 0.2) is 0 Å². The maximum absolute atomic E-state index is 6.26. The summed E-state index contributed by atoms with van der Waals surface area (Å²) in [6, 6.07) is 2.02. The highest BCUT2D eigenvalue weighted by Crippen LogP contribution is 2.25. The molecule has 0 aliphatic heterocycles. The maximum atomic E-state index is 6.26. The largest absolute Gasteiger partial charge is 0.319 e. The first kappa shape index (κ1) is 11.4. The first-order chi connectivity index (χ1) is 7.77. The van der Waals surface area contributed by atoms with Gasteiger partial charge in [0.25, 0.3) is 0 Å². The van der Waals surface area contributed by atoms with Gasteiger partial charge in [-0.2, -0.15) is 5.10 Å². The SMILES string of the molecule is Cn1ccc(C(N)/C2=C/CCCCCC2)n1. The van der Waals surface area contributed by atoms with Crippen molar-refractivity contribution in [3.63, 3.8) is 0 Å². The molecule has 0 fully saturated rings. The zero-order chi connectivity index (χ0) is 11.4. The Hall–Kier alpha value is -1.09. The highest BCUT2D eigenvalue weighted by atomic mass is 15.3. The quantitative estimate of drug-likeness (QED) is 0.777. The summed E-state index contributed by atoms with van der Waals surface area (Å²) in [6.07, 6.45) is 11.9. The molecule has 3 heteroatoms. The van der Waals surface area contributed by atoms with Crippen molar-refractivity contribution >= 4 is 0 Å². The lowest BCUT2D eigenvalue weighted by atomic mass is 9.94. The summed E-state index contributed by atoms with van der Waals surface area (Å²) in [7, 11) is 1.93. The van der Waals surface area contributed by atoms with Crippen LogP contribution < -0.4 is 5.73 Å². The van der Waals surface area contributed by atoms with Crippen LogP contribution in [-0.2, 0) is 7.05 Å². The normalized spacial score (nSPS) is 23.0. The zero-order valence-electron chi connectivity index (χ0n) is 10.0. The molecule has 0 radical (unpaired) electrons. The summed E-state index contributed by atoms with van der Waals surface area (Å²) < 4.78 is 1.82. The number of allylic oxidation sites excluding steroid dienone is 1. The molecule has 2 rings (SSSR count). The molecular formula is C13H21N3. The van der Waals surface area contributed by atoms with Crippen molar-refractivity contribution in [1.29, 1.82) is 0 Å². The minimum absolute atomic E-state index is 0.000648. The van der Waals surface area contributed by atoms with Gasteiger partial charge in [0.1, 0.15) is 0 Å². The molecule has 1 heterocycles. The molecule has 0 spiro atoms. The molecule has 0 amide bonds. The van der Waals surface area contributed by atoms with E-state index in [-0.39, 0.29) is 6.04 Å². The number of aryl methyl sites for hydroxylation is 1. The molecule has 0 aromatic carbocycles. The van der Waals surface area contributed by atoms with Crippen molar-refractivity contribution < 1.29 is 0 Å². The third kappa shape index (κ3) is 2.73. The van der Waals surface area contributed by atoms with Gasteiger partial charge in [0.2, 0.25) is 0 Å². The first-order valence-corrected chi connectivity index (χ1v) is 6.21. The van der Waals surface area contributed by atoms with Crippen molar-refractivity contribution in [3.8, 4) is 0 Å². The molecule has 0 saturated heterocycles. The van der Waals surface area contributed by atoms with Crippen molar-refractivity contribution in [2.75, 3.05) is 0 Å². The standard InChI is InChI=1S/C13H21N3/c1-16-10-9-12(15-16)13(14)11-7-5-3-2-4-6-8-11/h7,9-10,13H,2-6,8,14H2,1H3/b11-7+. The lowest BCUT2D eigenvalue weighted by molar-refractivity contribution is 0.596. The highest BCUT2D eigenvalue weighted by Gasteiger charge is 2.14. The maximum Gasteiger partial charge on any atom is 0.0833 e. The van der Waals surface area contributed by atoms with Gasteiger partial charge in [-0.3, -0.25) is 4.68 Å². The molecule has 0 saturated carbocycles. The van der Waals surface area contributed by atoms with Crippen LogP contribution in [0.4, 0.5) is 0 Å². The van der Waals surface area contributed by atoms with Gasteiger partial charge in [-0.25, -0.2) is 0 Å². The summed E-state index contributed by atoms with van der Waals surface area (Å²) in [6.45, 7) is 0. The number of nitrogens with zero attached hydrogens (tertiary/aromatic N) is 2. The van der Waals surface area contributed by atoms with Crippen LogP contribution in [0.1, 0.15) is 50.3 Å². The summed E-state index contributed by atoms with van der Waals surface area (Å²) in [5.41, 5.74) is 8.63. The average molecular weight is 219 g/mol. The van der Waals surface area contributed by atoms with Crippen LogP contribution in [0.5, 0.6) is 0 Å². The number of hydrogen-bond acceptors (Lipinski definition) is 2. The van der Waals surface area contributed by atoms with Gasteiger partial charge in [0, 0.05) is 13.2 Å². The monoisotopic (exact) mass is 219 g/mol. The van der Waals surface area contributed by atoms with E-state index in [0.29, 0.717) is 0 Å². The Labute approximate surface area is 97.3 Å². The van der Waals surface area contributed by atoms with Crippen molar-refractivity contribution in [1.82, 2.24) is 9.78 Å². The zero-order valence-corrected chi connectivity index (χ0v) is 10.0. The molecule has 2 N–H and O–H groups in total. The molecule has 0 bridgehead atoms. The molecular weight excluding hydrogens is 198 g/mol. The second-order valence-corrected chi connectivity index (χ2v) is 4.62. The van der Waals surface area contributed by atoms with Gasteiger partial charge in [-0.1, -0.05) is 24.5 Å². The van der Waals surface area contributed by atoms with E-state index in [1.54, 1.807) is 0 Å². The van der Waals surface area contributed by atoms with Gasteiger partial charge in [0.05, 0.1) is 11.7 Å². The van der Waals surface area contributed by atoms with Gasteiger partial charge in [-0.05, 0) is 31.7 Å². The first-order valence-electron chi connectivity index (χ1n) is 6.21. The van der Waals surface area contributed by atoms with Crippen molar-refractivity contribution in [3.05, 3.63) is 29.6 Å². The summed E-state index contributed by atoms with van der Waals surface area (Å²) in [5.74, 6) is 0. The number of aromatic nitrogens is 2. The summed E-state index contributed by atoms with van der Waals surface area (Å²) in [5, 5.41) is 4.39. The molecule has 1 aromatic heterocycles. The average Bonchev–Trinajstić information content (AvgIpc) is 2.63. The Morgan fingerprint density at radius 1 is 1.31 bits per heavy atom. The van der Waals surface area contributed by atoms with Crippen LogP contribution in [0.15, 0.2) is 23.9 Å². The van der Waals surface area contributed by atoms with E-state index in [2.05, 4.69) is 11.2 Å². The fraction of sp³-hybridized carbons (Fsp3) is 0.615. The molecule has 88 valence electrons. The van der Waals surface area contributed by atoms with E-state index in [0.717, 1.165) is 12.1 Å². The highest BCUT2D eigenvalue weighted by molar-refractivity contribution is 5.21. The predicted octanol–water partition coefficient (Wildman–Crippen LogP) is 2.70. The fourth-order valence-corrected chi connectivity index (χ4v) is 2.29. The van der Waals surface area contributed by atoms with E-state index >= 15 is 0 Å². The molecule has 1 aromatic rings. The minimum atomic E-state index is -0.000648. The Morgan fingerprint density at radius 3 is 2.88 bits per heavy atom. The Morgan fingerprint density at radius 2 is 2.12 bits per heavy atom. The van der Waals surface area contributed by atoms with Crippen LogP contribution in [-0.4, -0.2) is 9.78 Å². The van der Waals surface area contributed by atoms with E-state index < -0.39 is 0 Å². The third-order valence-electron chi connectivity index (χ3n) is 3.28. The van der Waals surface area contributed by atoms with E-state index in [1.807, 2.05) is 24.0 Å². The van der Waals surface area contributed by atoms with Gasteiger partial charge >= 0.3 is 0 Å². The van der Waals surface area contributed by atoms with E-state index in [9.17, 15) is 0 Å². The molecule has 1 aliphatic rings. The molecule has 3 nitrogen and oxygen atoms in total. The van der Waals surface area contributed by atoms with Gasteiger partial charge < -0.3 is 5.73 Å². The summed E-state index contributed by atoms with van der Waals surface area (Å²) >= 11 is 0. The Bertz CT molecular complexity index is 365. The second-order valence-electron chi connectivity index (χ2n) is 4.62.